The van der Waals surface area contributed by atoms with Gasteiger partial charge in [0.05, 0.1) is 6.61 Å². The number of benzene rings is 2. The minimum atomic E-state index is -1.49. The number of carbonyl (C=O) groups is 1. The molecule has 26 heavy (non-hydrogen) atoms. The van der Waals surface area contributed by atoms with Gasteiger partial charge in [-0.05, 0) is 32.6 Å². The minimum absolute atomic E-state index is 0.00176. The van der Waals surface area contributed by atoms with Crippen molar-refractivity contribution in [2.45, 2.75) is 33.5 Å². The van der Waals surface area contributed by atoms with Crippen molar-refractivity contribution in [1.29, 1.82) is 0 Å². The number of rotatable bonds is 6. The molecule has 0 aliphatic rings. The van der Waals surface area contributed by atoms with Crippen LogP contribution in [0.1, 0.15) is 29.8 Å². The van der Waals surface area contributed by atoms with Crippen LogP contribution in [0, 0.1) is 5.92 Å². The highest BCUT2D eigenvalue weighted by atomic mass is 28.4. The molecule has 1 atom stereocenters. The molecule has 0 aromatic heterocycles. The first-order chi connectivity index (χ1) is 12.3. The van der Waals surface area contributed by atoms with Crippen molar-refractivity contribution in [3.63, 3.8) is 0 Å². The summed E-state index contributed by atoms with van der Waals surface area (Å²) in [4.78, 5) is 11.4. The average Bonchev–Trinajstić information content (AvgIpc) is 2.66. The summed E-state index contributed by atoms with van der Waals surface area (Å²) in [7, 11) is -1.49. The quantitative estimate of drug-likeness (QED) is 0.421. The Morgan fingerprint density at radius 1 is 1.00 bits per heavy atom. The van der Waals surface area contributed by atoms with E-state index < -0.39 is 8.32 Å². The highest BCUT2D eigenvalue weighted by molar-refractivity contribution is 6.70. The molecule has 0 saturated heterocycles. The molecule has 4 heteroatoms. The third-order valence-corrected chi connectivity index (χ3v) is 4.35. The standard InChI is InChI=1S/C12H18OSi.C10H12O2/c1-5-12(13-14(2,3)4)11-9-7-6-8-10-11;1-8(7-11)10(12)9-5-3-2-4-6-9/h5-10H,1-4H3;2-6,8,11H,7H2,1H3/b12-5-;. The first-order valence-electron chi connectivity index (χ1n) is 8.89. The number of aliphatic hydroxyl groups excluding tert-OH is 1. The average molecular weight is 371 g/mol. The second kappa shape index (κ2) is 10.7. The van der Waals surface area contributed by atoms with Gasteiger partial charge in [0.2, 0.25) is 8.32 Å². The van der Waals surface area contributed by atoms with E-state index in [2.05, 4.69) is 31.8 Å². The zero-order valence-electron chi connectivity index (χ0n) is 16.4. The van der Waals surface area contributed by atoms with E-state index >= 15 is 0 Å². The smallest absolute Gasteiger partial charge is 0.242 e. The summed E-state index contributed by atoms with van der Waals surface area (Å²) >= 11 is 0. The van der Waals surface area contributed by atoms with Crippen molar-refractivity contribution in [2.24, 2.45) is 5.92 Å². The summed E-state index contributed by atoms with van der Waals surface area (Å²) in [6.45, 7) is 10.2. The Hall–Kier alpha value is -2.17. The molecule has 2 aromatic carbocycles. The number of hydrogen-bond acceptors (Lipinski definition) is 3. The molecular formula is C22H30O3Si. The molecule has 2 rings (SSSR count). The predicted octanol–water partition coefficient (Wildman–Crippen LogP) is 5.40. The van der Waals surface area contributed by atoms with Gasteiger partial charge in [-0.25, -0.2) is 0 Å². The summed E-state index contributed by atoms with van der Waals surface area (Å²) in [5.74, 6) is 0.704. The lowest BCUT2D eigenvalue weighted by Gasteiger charge is -2.21. The summed E-state index contributed by atoms with van der Waals surface area (Å²) in [6, 6.07) is 19.3. The number of allylic oxidation sites excluding steroid dienone is 1. The van der Waals surface area contributed by atoms with Crippen LogP contribution in [0.2, 0.25) is 19.6 Å². The Bertz CT molecular complexity index is 688. The van der Waals surface area contributed by atoms with Gasteiger partial charge in [0.25, 0.3) is 0 Å². The van der Waals surface area contributed by atoms with Gasteiger partial charge in [-0.3, -0.25) is 4.79 Å². The van der Waals surface area contributed by atoms with Gasteiger partial charge in [-0.15, -0.1) is 0 Å². The molecule has 1 unspecified atom stereocenters. The van der Waals surface area contributed by atoms with E-state index in [4.69, 9.17) is 9.53 Å². The maximum Gasteiger partial charge on any atom is 0.242 e. The summed E-state index contributed by atoms with van der Waals surface area (Å²) in [5.41, 5.74) is 1.83. The lowest BCUT2D eigenvalue weighted by molar-refractivity contribution is 0.0877. The molecule has 0 spiro atoms. The van der Waals surface area contributed by atoms with Crippen LogP contribution in [0.5, 0.6) is 0 Å². The van der Waals surface area contributed by atoms with Gasteiger partial charge in [0.1, 0.15) is 5.76 Å². The SMILES string of the molecule is C/C=C(\O[Si](C)(C)C)c1ccccc1.CC(CO)C(=O)c1ccccc1. The van der Waals surface area contributed by atoms with Gasteiger partial charge < -0.3 is 9.53 Å². The zero-order valence-corrected chi connectivity index (χ0v) is 17.4. The molecule has 0 aliphatic heterocycles. The molecule has 0 heterocycles. The molecule has 0 bridgehead atoms. The molecule has 3 nitrogen and oxygen atoms in total. The first kappa shape index (κ1) is 21.9. The minimum Gasteiger partial charge on any atom is -0.544 e. The maximum atomic E-state index is 11.4. The van der Waals surface area contributed by atoms with Crippen molar-refractivity contribution in [3.8, 4) is 0 Å². The van der Waals surface area contributed by atoms with Gasteiger partial charge in [0, 0.05) is 17.0 Å². The van der Waals surface area contributed by atoms with Crippen LogP contribution < -0.4 is 0 Å². The van der Waals surface area contributed by atoms with E-state index in [0.717, 1.165) is 11.3 Å². The van der Waals surface area contributed by atoms with Crippen LogP contribution in [0.3, 0.4) is 0 Å². The molecular weight excluding hydrogens is 340 g/mol. The normalized spacial score (nSPS) is 12.6. The second-order valence-corrected chi connectivity index (χ2v) is 11.5. The van der Waals surface area contributed by atoms with Crippen molar-refractivity contribution in [2.75, 3.05) is 6.61 Å². The number of carbonyl (C=O) groups excluding carboxylic acids is 1. The number of ketones is 1. The lowest BCUT2D eigenvalue weighted by Crippen LogP contribution is -2.24. The third kappa shape index (κ3) is 7.81. The Kier molecular flexibility index (Phi) is 9.03. The molecule has 0 aliphatic carbocycles. The third-order valence-electron chi connectivity index (χ3n) is 3.52. The van der Waals surface area contributed by atoms with E-state index in [1.807, 2.05) is 49.4 Å². The van der Waals surface area contributed by atoms with E-state index in [1.54, 1.807) is 19.1 Å². The largest absolute Gasteiger partial charge is 0.544 e. The van der Waals surface area contributed by atoms with E-state index in [1.165, 1.54) is 0 Å². The molecule has 0 amide bonds. The second-order valence-electron chi connectivity index (χ2n) is 7.05. The van der Waals surface area contributed by atoms with Gasteiger partial charge in [0.15, 0.2) is 5.78 Å². The van der Waals surface area contributed by atoms with Crippen molar-refractivity contribution in [1.82, 2.24) is 0 Å². The predicted molar refractivity (Wildman–Crippen MR) is 112 cm³/mol. The van der Waals surface area contributed by atoms with Crippen LogP contribution >= 0.6 is 0 Å². The fourth-order valence-corrected chi connectivity index (χ4v) is 3.08. The summed E-state index contributed by atoms with van der Waals surface area (Å²) in [6.07, 6.45) is 2.04. The maximum absolute atomic E-state index is 11.4. The monoisotopic (exact) mass is 370 g/mol. The number of hydrogen-bond donors (Lipinski definition) is 1. The van der Waals surface area contributed by atoms with Crippen molar-refractivity contribution >= 4 is 19.9 Å². The Balaban J connectivity index is 0.000000263. The number of aliphatic hydroxyl groups is 1. The van der Waals surface area contributed by atoms with E-state index in [-0.39, 0.29) is 18.3 Å². The summed E-state index contributed by atoms with van der Waals surface area (Å²) in [5, 5.41) is 8.75. The molecule has 0 radical (unpaired) electrons. The number of Topliss-reactive ketones (excluding diaryl/α,β-unsaturated/α-hetero) is 1. The van der Waals surface area contributed by atoms with Crippen LogP contribution in [0.25, 0.3) is 5.76 Å². The topological polar surface area (TPSA) is 46.5 Å². The van der Waals surface area contributed by atoms with Gasteiger partial charge in [-0.1, -0.05) is 67.6 Å². The summed E-state index contributed by atoms with van der Waals surface area (Å²) < 4.78 is 5.97. The van der Waals surface area contributed by atoms with Crippen LogP contribution in [0.4, 0.5) is 0 Å². The highest BCUT2D eigenvalue weighted by Crippen LogP contribution is 2.20. The first-order valence-corrected chi connectivity index (χ1v) is 12.3. The molecule has 140 valence electrons. The fraction of sp³-hybridized carbons (Fsp3) is 0.318. The Morgan fingerprint density at radius 2 is 1.46 bits per heavy atom. The molecule has 1 N–H and O–H groups in total. The molecule has 0 saturated carbocycles. The lowest BCUT2D eigenvalue weighted by atomic mass is 10.0. The zero-order chi connectivity index (χ0) is 19.6. The highest BCUT2D eigenvalue weighted by Gasteiger charge is 2.17. The van der Waals surface area contributed by atoms with Crippen molar-refractivity contribution in [3.05, 3.63) is 77.9 Å². The van der Waals surface area contributed by atoms with Crippen LogP contribution in [0.15, 0.2) is 66.7 Å². The Morgan fingerprint density at radius 3 is 1.85 bits per heavy atom. The van der Waals surface area contributed by atoms with Crippen LogP contribution in [-0.2, 0) is 4.43 Å². The van der Waals surface area contributed by atoms with E-state index in [0.29, 0.717) is 5.56 Å². The van der Waals surface area contributed by atoms with Crippen LogP contribution in [-0.4, -0.2) is 25.8 Å². The van der Waals surface area contributed by atoms with Gasteiger partial charge >= 0.3 is 0 Å². The molecule has 0 fully saturated rings. The molecule has 2 aromatic rings. The fourth-order valence-electron chi connectivity index (χ4n) is 2.19. The van der Waals surface area contributed by atoms with E-state index in [9.17, 15) is 4.79 Å². The van der Waals surface area contributed by atoms with Crippen molar-refractivity contribution < 1.29 is 14.3 Å². The Labute approximate surface area is 158 Å². The van der Waals surface area contributed by atoms with Gasteiger partial charge in [-0.2, -0.15) is 0 Å².